The second-order valence-corrected chi connectivity index (χ2v) is 5.66. The topological polar surface area (TPSA) is 69.6 Å². The van der Waals surface area contributed by atoms with Gasteiger partial charge in [0.25, 0.3) is 0 Å². The van der Waals surface area contributed by atoms with E-state index in [2.05, 4.69) is 5.32 Å². The Morgan fingerprint density at radius 2 is 2.04 bits per heavy atom. The standard InChI is InChI=1S/C16H21FN2O3.ClH/c1-11(19-9-7-13(10-19)16(21)22)15(20)18-8-6-12-2-4-14(17)5-3-12;/h2-5,11,13H,6-10H2,1H3,(H,18,20)(H,21,22);1H. The van der Waals surface area contributed by atoms with Gasteiger partial charge in [-0.3, -0.25) is 14.5 Å². The zero-order valence-corrected chi connectivity index (χ0v) is 13.8. The number of amides is 1. The summed E-state index contributed by atoms with van der Waals surface area (Å²) < 4.78 is 12.8. The fraction of sp³-hybridized carbons (Fsp3) is 0.500. The number of carboxylic acid groups (broad SMARTS) is 1. The number of carboxylic acids is 1. The predicted octanol–water partition coefficient (Wildman–Crippen LogP) is 1.70. The van der Waals surface area contributed by atoms with Crippen molar-refractivity contribution in [3.05, 3.63) is 35.6 Å². The highest BCUT2D eigenvalue weighted by Gasteiger charge is 2.32. The minimum atomic E-state index is -0.800. The van der Waals surface area contributed by atoms with Crippen LogP contribution in [0.2, 0.25) is 0 Å². The number of rotatable bonds is 6. The van der Waals surface area contributed by atoms with Crippen LogP contribution in [0.1, 0.15) is 18.9 Å². The van der Waals surface area contributed by atoms with Crippen molar-refractivity contribution in [3.8, 4) is 0 Å². The lowest BCUT2D eigenvalue weighted by atomic mass is 10.1. The molecule has 1 amide bonds. The number of nitrogens with zero attached hydrogens (tertiary/aromatic N) is 1. The summed E-state index contributed by atoms with van der Waals surface area (Å²) in [5.74, 6) is -1.56. The zero-order chi connectivity index (χ0) is 16.1. The second-order valence-electron chi connectivity index (χ2n) is 5.66. The first-order valence-corrected chi connectivity index (χ1v) is 7.46. The molecule has 7 heteroatoms. The Morgan fingerprint density at radius 3 is 2.61 bits per heavy atom. The van der Waals surface area contributed by atoms with Crippen molar-refractivity contribution in [2.75, 3.05) is 19.6 Å². The quantitative estimate of drug-likeness (QED) is 0.824. The Labute approximate surface area is 141 Å². The number of nitrogens with one attached hydrogen (secondary N) is 1. The molecule has 1 heterocycles. The minimum Gasteiger partial charge on any atom is -0.481 e. The summed E-state index contributed by atoms with van der Waals surface area (Å²) in [4.78, 5) is 24.9. The van der Waals surface area contributed by atoms with Crippen molar-refractivity contribution in [2.45, 2.75) is 25.8 Å². The average molecular weight is 345 g/mol. The first kappa shape index (κ1) is 19.4. The van der Waals surface area contributed by atoms with Gasteiger partial charge in [-0.2, -0.15) is 0 Å². The molecule has 1 aromatic rings. The van der Waals surface area contributed by atoms with E-state index in [1.807, 2.05) is 4.90 Å². The number of likely N-dealkylation sites (tertiary alicyclic amines) is 1. The third kappa shape index (κ3) is 5.48. The van der Waals surface area contributed by atoms with E-state index in [9.17, 15) is 14.0 Å². The molecular weight excluding hydrogens is 323 g/mol. The normalized spacial score (nSPS) is 19.0. The Morgan fingerprint density at radius 1 is 1.39 bits per heavy atom. The van der Waals surface area contributed by atoms with Crippen molar-refractivity contribution in [1.29, 1.82) is 0 Å². The number of hydrogen-bond donors (Lipinski definition) is 2. The molecule has 1 aliphatic heterocycles. The Kier molecular flexibility index (Phi) is 7.45. The van der Waals surface area contributed by atoms with E-state index in [0.717, 1.165) is 5.56 Å². The number of benzene rings is 1. The molecule has 5 nitrogen and oxygen atoms in total. The first-order valence-electron chi connectivity index (χ1n) is 7.46. The smallest absolute Gasteiger partial charge is 0.307 e. The molecule has 1 aromatic carbocycles. The van der Waals surface area contributed by atoms with Gasteiger partial charge in [0.2, 0.25) is 5.91 Å². The molecule has 0 saturated carbocycles. The van der Waals surface area contributed by atoms with Gasteiger partial charge in [-0.1, -0.05) is 12.1 Å². The maximum atomic E-state index is 12.8. The van der Waals surface area contributed by atoms with Crippen molar-refractivity contribution in [1.82, 2.24) is 10.2 Å². The van der Waals surface area contributed by atoms with Gasteiger partial charge in [0.05, 0.1) is 12.0 Å². The molecule has 1 aliphatic rings. The molecule has 0 aliphatic carbocycles. The lowest BCUT2D eigenvalue weighted by Crippen LogP contribution is -2.44. The van der Waals surface area contributed by atoms with E-state index in [4.69, 9.17) is 5.11 Å². The molecule has 2 N–H and O–H groups in total. The van der Waals surface area contributed by atoms with Crippen molar-refractivity contribution < 1.29 is 19.1 Å². The highest BCUT2D eigenvalue weighted by Crippen LogP contribution is 2.18. The maximum absolute atomic E-state index is 12.8. The summed E-state index contributed by atoms with van der Waals surface area (Å²) in [6, 6.07) is 5.86. The van der Waals surface area contributed by atoms with Gasteiger partial charge in [-0.05, 0) is 44.0 Å². The van der Waals surface area contributed by atoms with Crippen molar-refractivity contribution in [2.24, 2.45) is 5.92 Å². The van der Waals surface area contributed by atoms with Crippen molar-refractivity contribution in [3.63, 3.8) is 0 Å². The molecule has 2 rings (SSSR count). The summed E-state index contributed by atoms with van der Waals surface area (Å²) in [6.45, 7) is 3.31. The van der Waals surface area contributed by atoms with Gasteiger partial charge in [0.15, 0.2) is 0 Å². The lowest BCUT2D eigenvalue weighted by Gasteiger charge is -2.23. The van der Waals surface area contributed by atoms with Crippen LogP contribution >= 0.6 is 12.4 Å². The van der Waals surface area contributed by atoms with Gasteiger partial charge in [0, 0.05) is 13.1 Å². The van der Waals surface area contributed by atoms with Crippen LogP contribution in [-0.2, 0) is 16.0 Å². The van der Waals surface area contributed by atoms with E-state index in [1.54, 1.807) is 19.1 Å². The molecule has 0 spiro atoms. The molecule has 0 aromatic heterocycles. The van der Waals surface area contributed by atoms with E-state index >= 15 is 0 Å². The molecule has 2 atom stereocenters. The summed E-state index contributed by atoms with van der Waals surface area (Å²) in [6.07, 6.45) is 1.22. The van der Waals surface area contributed by atoms with Gasteiger partial charge in [-0.25, -0.2) is 4.39 Å². The second kappa shape index (κ2) is 8.84. The molecule has 0 radical (unpaired) electrons. The van der Waals surface area contributed by atoms with E-state index in [-0.39, 0.29) is 36.1 Å². The van der Waals surface area contributed by atoms with Crippen LogP contribution in [0.3, 0.4) is 0 Å². The lowest BCUT2D eigenvalue weighted by molar-refractivity contribution is -0.141. The predicted molar refractivity (Wildman–Crippen MR) is 87.1 cm³/mol. The molecule has 1 saturated heterocycles. The number of hydrogen-bond acceptors (Lipinski definition) is 3. The molecular formula is C16H22ClFN2O3. The Balaban J connectivity index is 0.00000264. The summed E-state index contributed by atoms with van der Waals surface area (Å²) in [7, 11) is 0. The third-order valence-electron chi connectivity index (χ3n) is 4.12. The highest BCUT2D eigenvalue weighted by atomic mass is 35.5. The summed E-state index contributed by atoms with van der Waals surface area (Å²) in [5.41, 5.74) is 0.960. The third-order valence-corrected chi connectivity index (χ3v) is 4.12. The van der Waals surface area contributed by atoms with Gasteiger partial charge in [-0.15, -0.1) is 12.4 Å². The van der Waals surface area contributed by atoms with Crippen LogP contribution in [0.5, 0.6) is 0 Å². The van der Waals surface area contributed by atoms with E-state index < -0.39 is 5.97 Å². The zero-order valence-electron chi connectivity index (χ0n) is 13.0. The molecule has 0 bridgehead atoms. The van der Waals surface area contributed by atoms with Crippen LogP contribution in [0.15, 0.2) is 24.3 Å². The van der Waals surface area contributed by atoms with Crippen LogP contribution in [0, 0.1) is 11.7 Å². The molecule has 128 valence electrons. The Bertz CT molecular complexity index is 539. The molecule has 2 unspecified atom stereocenters. The van der Waals surface area contributed by atoms with Crippen molar-refractivity contribution >= 4 is 24.3 Å². The van der Waals surface area contributed by atoms with Crippen LogP contribution in [-0.4, -0.2) is 47.6 Å². The van der Waals surface area contributed by atoms with Crippen LogP contribution in [0.25, 0.3) is 0 Å². The average Bonchev–Trinajstić information content (AvgIpc) is 2.98. The summed E-state index contributed by atoms with van der Waals surface area (Å²) >= 11 is 0. The maximum Gasteiger partial charge on any atom is 0.307 e. The fourth-order valence-corrected chi connectivity index (χ4v) is 2.64. The monoisotopic (exact) mass is 344 g/mol. The molecule has 23 heavy (non-hydrogen) atoms. The fourth-order valence-electron chi connectivity index (χ4n) is 2.64. The van der Waals surface area contributed by atoms with Gasteiger partial charge in [0.1, 0.15) is 5.82 Å². The minimum absolute atomic E-state index is 0. The van der Waals surface area contributed by atoms with Gasteiger partial charge >= 0.3 is 5.97 Å². The Hall–Kier alpha value is -1.66. The van der Waals surface area contributed by atoms with Gasteiger partial charge < -0.3 is 10.4 Å². The van der Waals surface area contributed by atoms with E-state index in [0.29, 0.717) is 32.5 Å². The number of carbonyl (C=O) groups is 2. The molecule has 1 fully saturated rings. The number of halogens is 2. The first-order chi connectivity index (χ1) is 10.5. The number of aliphatic carboxylic acids is 1. The van der Waals surface area contributed by atoms with Crippen LogP contribution < -0.4 is 5.32 Å². The summed E-state index contributed by atoms with van der Waals surface area (Å²) in [5, 5.41) is 11.8. The van der Waals surface area contributed by atoms with E-state index in [1.165, 1.54) is 12.1 Å². The SMILES string of the molecule is CC(C(=O)NCCc1ccc(F)cc1)N1CCC(C(=O)O)C1.Cl. The highest BCUT2D eigenvalue weighted by molar-refractivity contribution is 5.85. The number of carbonyl (C=O) groups excluding carboxylic acids is 1. The van der Waals surface area contributed by atoms with Crippen LogP contribution in [0.4, 0.5) is 4.39 Å². The largest absolute Gasteiger partial charge is 0.481 e.